The van der Waals surface area contributed by atoms with Gasteiger partial charge in [0.1, 0.15) is 6.10 Å². The van der Waals surface area contributed by atoms with Crippen LogP contribution in [0, 0.1) is 10.1 Å². The predicted octanol–water partition coefficient (Wildman–Crippen LogP) is 5.18. The number of anilines is 1. The Morgan fingerprint density at radius 3 is 2.23 bits per heavy atom. The first kappa shape index (κ1) is 22.0. The average Bonchev–Trinajstić information content (AvgIpc) is 3.59. The van der Waals surface area contributed by atoms with E-state index in [0.29, 0.717) is 6.10 Å². The van der Waals surface area contributed by atoms with Crippen LogP contribution in [0.1, 0.15) is 36.8 Å². The molecule has 1 saturated heterocycles. The zero-order valence-corrected chi connectivity index (χ0v) is 17.5. The van der Waals surface area contributed by atoms with Crippen molar-refractivity contribution in [1.82, 2.24) is 0 Å². The van der Waals surface area contributed by atoms with E-state index in [2.05, 4.69) is 36.2 Å². The lowest BCUT2D eigenvalue weighted by Gasteiger charge is -2.19. The quantitative estimate of drug-likeness (QED) is 0.150. The molecule has 160 valence electrons. The Morgan fingerprint density at radius 2 is 1.63 bits per heavy atom. The fraction of sp³-hybridized carbons (Fsp3) is 0.417. The van der Waals surface area contributed by atoms with Gasteiger partial charge >= 0.3 is 0 Å². The van der Waals surface area contributed by atoms with Crippen LogP contribution in [0.5, 0.6) is 0 Å². The van der Waals surface area contributed by atoms with Gasteiger partial charge in [-0.15, -0.1) is 0 Å². The number of non-ortho nitro benzene ring substituents is 1. The van der Waals surface area contributed by atoms with Gasteiger partial charge in [-0.1, -0.05) is 37.1 Å². The highest BCUT2D eigenvalue weighted by Crippen LogP contribution is 2.18. The molecular formula is C24H30N2O4. The summed E-state index contributed by atoms with van der Waals surface area (Å²) in [6, 6.07) is 15.0. The van der Waals surface area contributed by atoms with Crippen LogP contribution in [-0.4, -0.2) is 44.4 Å². The van der Waals surface area contributed by atoms with Gasteiger partial charge < -0.3 is 14.4 Å². The van der Waals surface area contributed by atoms with Gasteiger partial charge in [-0.25, -0.2) is 0 Å². The summed E-state index contributed by atoms with van der Waals surface area (Å²) in [6.45, 7) is 3.49. The lowest BCUT2D eigenvalue weighted by molar-refractivity contribution is -0.384. The number of nitrogens with zero attached hydrogens (tertiary/aromatic N) is 2. The summed E-state index contributed by atoms with van der Waals surface area (Å²) in [6.07, 6.45) is 9.04. The van der Waals surface area contributed by atoms with Crippen LogP contribution in [0.15, 0.2) is 48.5 Å². The Hall–Kier alpha value is -2.70. The molecule has 1 fully saturated rings. The van der Waals surface area contributed by atoms with Gasteiger partial charge in [0.2, 0.25) is 0 Å². The zero-order chi connectivity index (χ0) is 21.2. The molecule has 0 bridgehead atoms. The van der Waals surface area contributed by atoms with Crippen molar-refractivity contribution in [3.05, 3.63) is 69.8 Å². The summed E-state index contributed by atoms with van der Waals surface area (Å²) in [4.78, 5) is 12.6. The molecule has 0 radical (unpaired) electrons. The molecule has 0 aliphatic carbocycles. The molecule has 1 aliphatic rings. The van der Waals surface area contributed by atoms with Gasteiger partial charge in [-0.2, -0.15) is 0 Å². The van der Waals surface area contributed by atoms with Gasteiger partial charge in [0.25, 0.3) is 5.69 Å². The molecule has 1 atom stereocenters. The van der Waals surface area contributed by atoms with Gasteiger partial charge in [-0.3, -0.25) is 10.1 Å². The second-order valence-corrected chi connectivity index (χ2v) is 7.64. The lowest BCUT2D eigenvalue weighted by atomic mass is 10.1. The van der Waals surface area contributed by atoms with Crippen LogP contribution in [0.2, 0.25) is 0 Å². The third-order valence-corrected chi connectivity index (χ3v) is 5.14. The highest BCUT2D eigenvalue weighted by Gasteiger charge is 2.21. The summed E-state index contributed by atoms with van der Waals surface area (Å²) in [7, 11) is 2.13. The molecule has 3 rings (SSSR count). The third-order valence-electron chi connectivity index (χ3n) is 5.14. The van der Waals surface area contributed by atoms with Crippen molar-refractivity contribution in [3.63, 3.8) is 0 Å². The van der Waals surface area contributed by atoms with Crippen LogP contribution in [-0.2, 0) is 9.47 Å². The fourth-order valence-electron chi connectivity index (χ4n) is 3.15. The van der Waals surface area contributed by atoms with Crippen LogP contribution < -0.4 is 4.90 Å². The van der Waals surface area contributed by atoms with Crippen LogP contribution >= 0.6 is 0 Å². The van der Waals surface area contributed by atoms with E-state index in [1.807, 2.05) is 12.2 Å². The Bertz CT molecular complexity index is 814. The Morgan fingerprint density at radius 1 is 1.03 bits per heavy atom. The number of rotatable bonds is 13. The van der Waals surface area contributed by atoms with Crippen molar-refractivity contribution >= 4 is 23.5 Å². The SMILES string of the molecule is CN(CCCCCCOCC1CO1)c1ccc(C=Cc2ccc([N+](=O)[O-])cc2)cc1. The van der Waals surface area contributed by atoms with E-state index < -0.39 is 0 Å². The van der Waals surface area contributed by atoms with Gasteiger partial charge in [-0.05, 0) is 48.2 Å². The summed E-state index contributed by atoms with van der Waals surface area (Å²) >= 11 is 0. The number of nitro benzene ring substituents is 1. The van der Waals surface area contributed by atoms with Crippen molar-refractivity contribution in [2.24, 2.45) is 0 Å². The maximum Gasteiger partial charge on any atom is 0.269 e. The number of ether oxygens (including phenoxy) is 2. The van der Waals surface area contributed by atoms with Crippen molar-refractivity contribution in [2.45, 2.75) is 31.8 Å². The number of benzene rings is 2. The molecule has 0 spiro atoms. The molecule has 0 N–H and O–H groups in total. The minimum Gasteiger partial charge on any atom is -0.379 e. The van der Waals surface area contributed by atoms with E-state index in [9.17, 15) is 10.1 Å². The van der Waals surface area contributed by atoms with Crippen molar-refractivity contribution in [1.29, 1.82) is 0 Å². The molecule has 6 nitrogen and oxygen atoms in total. The number of hydrogen-bond acceptors (Lipinski definition) is 5. The molecule has 2 aromatic rings. The van der Waals surface area contributed by atoms with E-state index in [1.165, 1.54) is 37.1 Å². The maximum atomic E-state index is 10.7. The number of epoxide rings is 1. The molecule has 1 heterocycles. The molecule has 30 heavy (non-hydrogen) atoms. The van der Waals surface area contributed by atoms with Crippen LogP contribution in [0.4, 0.5) is 11.4 Å². The Labute approximate surface area is 178 Å². The summed E-state index contributed by atoms with van der Waals surface area (Å²) in [5.74, 6) is 0. The van der Waals surface area contributed by atoms with Crippen molar-refractivity contribution in [3.8, 4) is 0 Å². The molecule has 0 saturated carbocycles. The van der Waals surface area contributed by atoms with E-state index in [-0.39, 0.29) is 10.6 Å². The smallest absolute Gasteiger partial charge is 0.269 e. The predicted molar refractivity (Wildman–Crippen MR) is 121 cm³/mol. The van der Waals surface area contributed by atoms with Crippen LogP contribution in [0.25, 0.3) is 12.2 Å². The molecule has 2 aromatic carbocycles. The largest absolute Gasteiger partial charge is 0.379 e. The average molecular weight is 411 g/mol. The standard InChI is InChI=1S/C24H30N2O4/c1-25(16-4-2-3-5-17-29-18-24-19-30-24)22-12-8-20(9-13-22)6-7-21-10-14-23(15-11-21)26(27)28/h6-15,24H,2-5,16-19H2,1H3. The van der Waals surface area contributed by atoms with E-state index in [1.54, 1.807) is 12.1 Å². The Kier molecular flexibility index (Phi) is 8.41. The number of nitro groups is 1. The first-order chi connectivity index (χ1) is 14.6. The van der Waals surface area contributed by atoms with Gasteiger partial charge in [0, 0.05) is 38.0 Å². The summed E-state index contributed by atoms with van der Waals surface area (Å²) < 4.78 is 10.7. The second kappa shape index (κ2) is 11.5. The highest BCUT2D eigenvalue weighted by atomic mass is 16.6. The van der Waals surface area contributed by atoms with Crippen LogP contribution in [0.3, 0.4) is 0 Å². The van der Waals surface area contributed by atoms with Gasteiger partial charge in [0.05, 0.1) is 18.1 Å². The zero-order valence-electron chi connectivity index (χ0n) is 17.5. The van der Waals surface area contributed by atoms with Crippen molar-refractivity contribution in [2.75, 3.05) is 38.3 Å². The lowest BCUT2D eigenvalue weighted by Crippen LogP contribution is -2.18. The molecule has 6 heteroatoms. The Balaban J connectivity index is 1.34. The topological polar surface area (TPSA) is 68.1 Å². The minimum absolute atomic E-state index is 0.108. The molecule has 0 aromatic heterocycles. The fourth-order valence-corrected chi connectivity index (χ4v) is 3.15. The highest BCUT2D eigenvalue weighted by molar-refractivity contribution is 5.70. The first-order valence-electron chi connectivity index (χ1n) is 10.5. The second-order valence-electron chi connectivity index (χ2n) is 7.64. The molecular weight excluding hydrogens is 380 g/mol. The third kappa shape index (κ3) is 7.61. The van der Waals surface area contributed by atoms with E-state index in [4.69, 9.17) is 9.47 Å². The van der Waals surface area contributed by atoms with E-state index in [0.717, 1.165) is 43.9 Å². The summed E-state index contributed by atoms with van der Waals surface area (Å²) in [5, 5.41) is 10.7. The van der Waals surface area contributed by atoms with Gasteiger partial charge in [0.15, 0.2) is 0 Å². The monoisotopic (exact) mass is 410 g/mol. The molecule has 1 unspecified atom stereocenters. The molecule has 1 aliphatic heterocycles. The minimum atomic E-state index is -0.386. The first-order valence-corrected chi connectivity index (χ1v) is 10.5. The number of hydrogen-bond donors (Lipinski definition) is 0. The van der Waals surface area contributed by atoms with E-state index >= 15 is 0 Å². The molecule has 0 amide bonds. The normalized spacial score (nSPS) is 15.4. The van der Waals surface area contributed by atoms with Crippen molar-refractivity contribution < 1.29 is 14.4 Å². The maximum absolute atomic E-state index is 10.7. The summed E-state index contributed by atoms with van der Waals surface area (Å²) in [5.41, 5.74) is 3.35. The number of unbranched alkanes of at least 4 members (excludes halogenated alkanes) is 3.